The second-order valence-electron chi connectivity index (χ2n) is 3.68. The highest BCUT2D eigenvalue weighted by Gasteiger charge is 2.10. The molecule has 2 rings (SSSR count). The molecule has 0 aliphatic carbocycles. The molecule has 1 aromatic heterocycles. The summed E-state index contributed by atoms with van der Waals surface area (Å²) in [5.74, 6) is 0.540. The quantitative estimate of drug-likeness (QED) is 0.772. The second-order valence-corrected chi connectivity index (χ2v) is 3.68. The van der Waals surface area contributed by atoms with Crippen molar-refractivity contribution in [1.82, 2.24) is 15.1 Å². The van der Waals surface area contributed by atoms with Gasteiger partial charge in [-0.15, -0.1) is 0 Å². The molecule has 1 N–H and O–H groups in total. The molecular weight excluding hydrogens is 194 g/mol. The molecule has 5 heteroatoms. The third-order valence-corrected chi connectivity index (χ3v) is 2.51. The van der Waals surface area contributed by atoms with E-state index in [2.05, 4.69) is 15.1 Å². The van der Waals surface area contributed by atoms with E-state index in [0.717, 1.165) is 19.6 Å². The molecule has 1 aliphatic heterocycles. The van der Waals surface area contributed by atoms with Gasteiger partial charge in [0.2, 0.25) is 0 Å². The van der Waals surface area contributed by atoms with Gasteiger partial charge in [-0.25, -0.2) is 5.10 Å². The zero-order valence-corrected chi connectivity index (χ0v) is 8.61. The van der Waals surface area contributed by atoms with Crippen molar-refractivity contribution in [2.45, 2.75) is 12.8 Å². The van der Waals surface area contributed by atoms with E-state index in [4.69, 9.17) is 4.74 Å². The number of hydrogen-bond acceptors (Lipinski definition) is 4. The van der Waals surface area contributed by atoms with Crippen molar-refractivity contribution in [2.75, 3.05) is 26.2 Å². The highest BCUT2D eigenvalue weighted by Crippen LogP contribution is 2.07. The van der Waals surface area contributed by atoms with Crippen molar-refractivity contribution in [2.24, 2.45) is 0 Å². The van der Waals surface area contributed by atoms with E-state index in [9.17, 15) is 4.79 Å². The van der Waals surface area contributed by atoms with Crippen LogP contribution in [0.25, 0.3) is 0 Å². The standard InChI is InChI=1S/C10H15N3O2/c14-10-7-9(8-11-12-10)15-6-5-13-3-1-2-4-13/h7-8H,1-6H2,(H,12,14). The maximum atomic E-state index is 10.9. The number of aromatic nitrogens is 2. The summed E-state index contributed by atoms with van der Waals surface area (Å²) in [4.78, 5) is 13.3. The molecule has 0 atom stereocenters. The highest BCUT2D eigenvalue weighted by atomic mass is 16.5. The second kappa shape index (κ2) is 4.93. The SMILES string of the molecule is O=c1cc(OCCN2CCCC2)cn[nH]1. The summed E-state index contributed by atoms with van der Waals surface area (Å²) in [7, 11) is 0. The molecule has 0 aromatic carbocycles. The molecule has 15 heavy (non-hydrogen) atoms. The monoisotopic (exact) mass is 209 g/mol. The fourth-order valence-electron chi connectivity index (χ4n) is 1.74. The first-order valence-corrected chi connectivity index (χ1v) is 5.24. The van der Waals surface area contributed by atoms with E-state index >= 15 is 0 Å². The molecule has 5 nitrogen and oxygen atoms in total. The van der Waals surface area contributed by atoms with Gasteiger partial charge in [-0.1, -0.05) is 0 Å². The van der Waals surface area contributed by atoms with Crippen molar-refractivity contribution < 1.29 is 4.74 Å². The Balaban J connectivity index is 1.75. The minimum Gasteiger partial charge on any atom is -0.490 e. The van der Waals surface area contributed by atoms with E-state index < -0.39 is 0 Å². The van der Waals surface area contributed by atoms with Gasteiger partial charge in [0.05, 0.1) is 6.20 Å². The molecular formula is C10H15N3O2. The van der Waals surface area contributed by atoms with Crippen LogP contribution in [0.15, 0.2) is 17.1 Å². The number of hydrogen-bond donors (Lipinski definition) is 1. The average molecular weight is 209 g/mol. The van der Waals surface area contributed by atoms with Crippen LogP contribution < -0.4 is 10.3 Å². The Hall–Kier alpha value is -1.36. The average Bonchev–Trinajstić information content (AvgIpc) is 2.71. The Bertz CT molecular complexity index is 358. The summed E-state index contributed by atoms with van der Waals surface area (Å²) in [5, 5.41) is 5.97. The Labute approximate surface area is 88.1 Å². The largest absolute Gasteiger partial charge is 0.490 e. The summed E-state index contributed by atoms with van der Waals surface area (Å²) < 4.78 is 5.42. The number of aromatic amines is 1. The fourth-order valence-corrected chi connectivity index (χ4v) is 1.74. The Morgan fingerprint density at radius 2 is 2.27 bits per heavy atom. The van der Waals surface area contributed by atoms with Crippen LogP contribution in [0.4, 0.5) is 0 Å². The lowest BCUT2D eigenvalue weighted by atomic mass is 10.4. The molecule has 0 radical (unpaired) electrons. The topological polar surface area (TPSA) is 58.2 Å². The molecule has 1 aromatic rings. The van der Waals surface area contributed by atoms with E-state index in [1.807, 2.05) is 0 Å². The molecule has 2 heterocycles. The third kappa shape index (κ3) is 3.06. The summed E-state index contributed by atoms with van der Waals surface area (Å²) in [6.45, 7) is 3.87. The lowest BCUT2D eigenvalue weighted by Crippen LogP contribution is -2.25. The predicted molar refractivity (Wildman–Crippen MR) is 56.0 cm³/mol. The summed E-state index contributed by atoms with van der Waals surface area (Å²) >= 11 is 0. The van der Waals surface area contributed by atoms with Crippen molar-refractivity contribution in [1.29, 1.82) is 0 Å². The molecule has 0 bridgehead atoms. The van der Waals surface area contributed by atoms with Crippen LogP contribution >= 0.6 is 0 Å². The number of likely N-dealkylation sites (tertiary alicyclic amines) is 1. The number of H-pyrrole nitrogens is 1. The first-order chi connectivity index (χ1) is 7.34. The van der Waals surface area contributed by atoms with Gasteiger partial charge in [0.1, 0.15) is 12.4 Å². The van der Waals surface area contributed by atoms with Crippen LogP contribution in [0.5, 0.6) is 5.75 Å². The van der Waals surface area contributed by atoms with Gasteiger partial charge in [-0.2, -0.15) is 5.10 Å². The lowest BCUT2D eigenvalue weighted by Gasteiger charge is -2.14. The number of nitrogens with zero attached hydrogens (tertiary/aromatic N) is 2. The Kier molecular flexibility index (Phi) is 3.34. The molecule has 0 amide bonds. The highest BCUT2D eigenvalue weighted by molar-refractivity contribution is 5.12. The van der Waals surface area contributed by atoms with E-state index in [0.29, 0.717) is 12.4 Å². The maximum Gasteiger partial charge on any atom is 0.267 e. The van der Waals surface area contributed by atoms with Crippen molar-refractivity contribution >= 4 is 0 Å². The summed E-state index contributed by atoms with van der Waals surface area (Å²) in [5.41, 5.74) is -0.228. The van der Waals surface area contributed by atoms with Gasteiger partial charge < -0.3 is 4.74 Å². The minimum atomic E-state index is -0.228. The van der Waals surface area contributed by atoms with E-state index in [1.54, 1.807) is 0 Å². The number of rotatable bonds is 4. The van der Waals surface area contributed by atoms with Gasteiger partial charge in [-0.05, 0) is 25.9 Å². The van der Waals surface area contributed by atoms with Crippen LogP contribution in [-0.2, 0) is 0 Å². The summed E-state index contributed by atoms with van der Waals surface area (Å²) in [6, 6.07) is 1.41. The van der Waals surface area contributed by atoms with Crippen LogP contribution in [0, 0.1) is 0 Å². The van der Waals surface area contributed by atoms with Crippen LogP contribution in [0.1, 0.15) is 12.8 Å². The Morgan fingerprint density at radius 3 is 3.00 bits per heavy atom. The molecule has 0 spiro atoms. The van der Waals surface area contributed by atoms with Crippen molar-refractivity contribution in [3.05, 3.63) is 22.6 Å². The predicted octanol–water partition coefficient (Wildman–Crippen LogP) is 0.244. The van der Waals surface area contributed by atoms with Crippen LogP contribution in [-0.4, -0.2) is 41.3 Å². The molecule has 1 saturated heterocycles. The first kappa shape index (κ1) is 10.2. The van der Waals surface area contributed by atoms with Gasteiger partial charge in [0.15, 0.2) is 0 Å². The van der Waals surface area contributed by atoms with Crippen LogP contribution in [0.2, 0.25) is 0 Å². The lowest BCUT2D eigenvalue weighted by molar-refractivity contribution is 0.237. The van der Waals surface area contributed by atoms with Gasteiger partial charge >= 0.3 is 0 Å². The molecule has 1 fully saturated rings. The number of ether oxygens (including phenoxy) is 1. The zero-order valence-electron chi connectivity index (χ0n) is 8.61. The van der Waals surface area contributed by atoms with Crippen LogP contribution in [0.3, 0.4) is 0 Å². The van der Waals surface area contributed by atoms with E-state index in [-0.39, 0.29) is 5.56 Å². The smallest absolute Gasteiger partial charge is 0.267 e. The number of nitrogens with one attached hydrogen (secondary N) is 1. The minimum absolute atomic E-state index is 0.228. The van der Waals surface area contributed by atoms with Crippen molar-refractivity contribution in [3.63, 3.8) is 0 Å². The normalized spacial score (nSPS) is 16.8. The maximum absolute atomic E-state index is 10.9. The molecule has 1 aliphatic rings. The van der Waals surface area contributed by atoms with Crippen molar-refractivity contribution in [3.8, 4) is 5.75 Å². The van der Waals surface area contributed by atoms with Gasteiger partial charge in [0, 0.05) is 12.6 Å². The summed E-state index contributed by atoms with van der Waals surface area (Å²) in [6.07, 6.45) is 4.09. The third-order valence-electron chi connectivity index (χ3n) is 2.51. The first-order valence-electron chi connectivity index (χ1n) is 5.24. The molecule has 0 unspecified atom stereocenters. The van der Waals surface area contributed by atoms with Gasteiger partial charge in [-0.3, -0.25) is 9.69 Å². The molecule has 0 saturated carbocycles. The van der Waals surface area contributed by atoms with E-state index in [1.165, 1.54) is 25.1 Å². The molecule has 82 valence electrons. The fraction of sp³-hybridized carbons (Fsp3) is 0.600. The van der Waals surface area contributed by atoms with Gasteiger partial charge in [0.25, 0.3) is 5.56 Å². The Morgan fingerprint density at radius 1 is 1.47 bits per heavy atom. The zero-order chi connectivity index (χ0) is 10.5.